The van der Waals surface area contributed by atoms with Crippen LogP contribution in [0.1, 0.15) is 54.5 Å². The number of hydrogen-bond donors (Lipinski definition) is 2. The molecule has 1 atom stereocenters. The van der Waals surface area contributed by atoms with Gasteiger partial charge in [-0.2, -0.15) is 0 Å². The van der Waals surface area contributed by atoms with Gasteiger partial charge in [-0.1, -0.05) is 43.7 Å². The van der Waals surface area contributed by atoms with Crippen LogP contribution in [0.3, 0.4) is 0 Å². The van der Waals surface area contributed by atoms with Crippen LogP contribution >= 0.6 is 0 Å². The minimum absolute atomic E-state index is 0.134. The summed E-state index contributed by atoms with van der Waals surface area (Å²) in [6, 6.07) is 17.8. The van der Waals surface area contributed by atoms with Crippen molar-refractivity contribution in [2.75, 3.05) is 7.11 Å². The van der Waals surface area contributed by atoms with Crippen LogP contribution < -0.4 is 4.74 Å². The van der Waals surface area contributed by atoms with Crippen molar-refractivity contribution in [3.8, 4) is 11.4 Å². The van der Waals surface area contributed by atoms with Crippen LogP contribution in [0, 0.1) is 13.8 Å². The Morgan fingerprint density at radius 2 is 1.62 bits per heavy atom. The van der Waals surface area contributed by atoms with E-state index in [0.717, 1.165) is 23.2 Å². The van der Waals surface area contributed by atoms with Crippen molar-refractivity contribution in [3.63, 3.8) is 0 Å². The van der Waals surface area contributed by atoms with E-state index in [9.17, 15) is 18.3 Å². The van der Waals surface area contributed by atoms with Gasteiger partial charge in [-0.05, 0) is 86.8 Å². The summed E-state index contributed by atoms with van der Waals surface area (Å²) in [4.78, 5) is 10.9. The van der Waals surface area contributed by atoms with Gasteiger partial charge in [0.25, 0.3) is 10.0 Å². The van der Waals surface area contributed by atoms with E-state index < -0.39 is 24.4 Å². The molecule has 0 aliphatic heterocycles. The van der Waals surface area contributed by atoms with Crippen molar-refractivity contribution in [2.24, 2.45) is 0 Å². The predicted octanol–water partition coefficient (Wildman–Crippen LogP) is 6.13. The molecule has 0 saturated heterocycles. The lowest BCUT2D eigenvalue weighted by molar-refractivity contribution is 0.208. The number of hydrogen-bond acceptors (Lipinski definition) is 5. The van der Waals surface area contributed by atoms with Crippen LogP contribution in [0.5, 0.6) is 5.75 Å². The molecule has 7 nitrogen and oxygen atoms in total. The zero-order valence-corrected chi connectivity index (χ0v) is 26.2. The van der Waals surface area contributed by atoms with E-state index in [2.05, 4.69) is 13.8 Å². The maximum Gasteiger partial charge on any atom is 0.268 e. The van der Waals surface area contributed by atoms with Crippen LogP contribution in [0.4, 0.5) is 0 Å². The molecule has 40 heavy (non-hydrogen) atoms. The Labute approximate surface area is 238 Å². The number of aliphatic hydroxyl groups excluding tert-OH is 1. The fraction of sp³-hybridized carbons (Fsp3) is 0.355. The SMILES string of the molecule is COc1cc(C)ccc1C(O)c1c(-n2cccc2CCC(C)(C)[Si](C)(C)O)ccn1S(=O)(=O)c1ccc(C)cc1. The maximum atomic E-state index is 13.9. The smallest absolute Gasteiger partial charge is 0.268 e. The summed E-state index contributed by atoms with van der Waals surface area (Å²) in [5, 5.41) is 11.6. The number of aliphatic hydroxyl groups is 1. The van der Waals surface area contributed by atoms with Crippen molar-refractivity contribution in [1.82, 2.24) is 8.54 Å². The van der Waals surface area contributed by atoms with E-state index in [0.29, 0.717) is 23.4 Å². The van der Waals surface area contributed by atoms with E-state index in [1.54, 1.807) is 36.4 Å². The van der Waals surface area contributed by atoms with Crippen molar-refractivity contribution in [1.29, 1.82) is 0 Å². The van der Waals surface area contributed by atoms with Gasteiger partial charge in [-0.3, -0.25) is 0 Å². The zero-order chi connectivity index (χ0) is 29.5. The molecule has 1 unspecified atom stereocenters. The quantitative estimate of drug-likeness (QED) is 0.220. The lowest BCUT2D eigenvalue weighted by atomic mass is 10.0. The molecule has 0 spiro atoms. The molecule has 2 N–H and O–H groups in total. The fourth-order valence-electron chi connectivity index (χ4n) is 4.71. The Balaban J connectivity index is 1.88. The molecule has 0 aliphatic carbocycles. The number of rotatable bonds is 10. The van der Waals surface area contributed by atoms with Gasteiger partial charge in [-0.15, -0.1) is 0 Å². The third kappa shape index (κ3) is 5.69. The van der Waals surface area contributed by atoms with E-state index in [1.165, 1.54) is 17.3 Å². The molecular weight excluding hydrogens is 541 g/mol. The molecule has 2 aromatic heterocycles. The first-order valence-electron chi connectivity index (χ1n) is 13.4. The summed E-state index contributed by atoms with van der Waals surface area (Å²) in [5.41, 5.74) is 4.12. The van der Waals surface area contributed by atoms with Crippen molar-refractivity contribution in [3.05, 3.63) is 101 Å². The Hall–Kier alpha value is -3.11. The summed E-state index contributed by atoms with van der Waals surface area (Å²) in [6.07, 6.45) is 3.53. The molecular formula is C31H40N2O5SSi. The molecule has 0 fully saturated rings. The predicted molar refractivity (Wildman–Crippen MR) is 161 cm³/mol. The first kappa shape index (κ1) is 29.9. The molecule has 0 bridgehead atoms. The number of nitrogens with zero attached hydrogens (tertiary/aromatic N) is 2. The first-order chi connectivity index (χ1) is 18.7. The normalized spacial score (nSPS) is 13.4. The number of methoxy groups -OCH3 is 1. The second-order valence-corrected chi connectivity index (χ2v) is 17.9. The molecule has 4 aromatic rings. The molecule has 0 saturated carbocycles. The number of ether oxygens (including phenoxy) is 1. The monoisotopic (exact) mass is 580 g/mol. The van der Waals surface area contributed by atoms with Crippen LogP contribution in [-0.4, -0.2) is 42.3 Å². The molecule has 0 aliphatic rings. The minimum atomic E-state index is -4.03. The van der Waals surface area contributed by atoms with Crippen LogP contribution in [-0.2, 0) is 16.4 Å². The summed E-state index contributed by atoms with van der Waals surface area (Å²) in [7, 11) is -4.91. The first-order valence-corrected chi connectivity index (χ1v) is 17.8. The van der Waals surface area contributed by atoms with Gasteiger partial charge >= 0.3 is 0 Å². The van der Waals surface area contributed by atoms with Gasteiger partial charge in [0.15, 0.2) is 8.32 Å². The Morgan fingerprint density at radius 3 is 2.25 bits per heavy atom. The third-order valence-corrected chi connectivity index (χ3v) is 13.4. The lowest BCUT2D eigenvalue weighted by Crippen LogP contribution is -2.39. The number of benzene rings is 2. The molecule has 2 heterocycles. The minimum Gasteiger partial charge on any atom is -0.496 e. The van der Waals surface area contributed by atoms with Crippen LogP contribution in [0.15, 0.2) is 78.0 Å². The lowest BCUT2D eigenvalue weighted by Gasteiger charge is -2.35. The van der Waals surface area contributed by atoms with Gasteiger partial charge in [-0.25, -0.2) is 12.4 Å². The standard InChI is InChI=1S/C31H40N2O5SSi/c1-22-10-13-25(14-11-22)39(35,36)33-20-17-27(29(33)30(34)26-15-12-23(2)21-28(26)38-5)32-19-8-9-24(32)16-18-31(3,4)40(6,7)37/h8-15,17,19-21,30,34,37H,16,18H2,1-7H3. The van der Waals surface area contributed by atoms with E-state index in [4.69, 9.17) is 4.74 Å². The summed E-state index contributed by atoms with van der Waals surface area (Å²) < 4.78 is 36.6. The van der Waals surface area contributed by atoms with E-state index in [1.807, 2.05) is 62.0 Å². The third-order valence-electron chi connectivity index (χ3n) is 8.14. The highest BCUT2D eigenvalue weighted by Gasteiger charge is 2.38. The molecule has 0 radical (unpaired) electrons. The topological polar surface area (TPSA) is 93.7 Å². The van der Waals surface area contributed by atoms with Gasteiger partial charge in [0.05, 0.1) is 23.4 Å². The molecule has 0 amide bonds. The number of aromatic nitrogens is 2. The zero-order valence-electron chi connectivity index (χ0n) is 24.3. The molecule has 2 aromatic carbocycles. The molecule has 9 heteroatoms. The second-order valence-electron chi connectivity index (χ2n) is 11.7. The number of aryl methyl sites for hydroxylation is 3. The Bertz CT molecular complexity index is 1600. The van der Waals surface area contributed by atoms with Gasteiger partial charge in [0.1, 0.15) is 11.9 Å². The molecule has 214 valence electrons. The van der Waals surface area contributed by atoms with Crippen molar-refractivity contribution in [2.45, 2.75) is 69.7 Å². The van der Waals surface area contributed by atoms with Gasteiger partial charge in [0.2, 0.25) is 0 Å². The van der Waals surface area contributed by atoms with Gasteiger partial charge < -0.3 is 19.2 Å². The highest BCUT2D eigenvalue weighted by molar-refractivity contribution is 7.90. The Kier molecular flexibility index (Phi) is 8.24. The highest BCUT2D eigenvalue weighted by Crippen LogP contribution is 2.41. The fourth-order valence-corrected chi connectivity index (χ4v) is 6.82. The van der Waals surface area contributed by atoms with Gasteiger partial charge in [0, 0.05) is 23.7 Å². The van der Waals surface area contributed by atoms with Crippen LogP contribution in [0.25, 0.3) is 5.69 Å². The summed E-state index contributed by atoms with van der Waals surface area (Å²) >= 11 is 0. The van der Waals surface area contributed by atoms with Crippen molar-refractivity contribution < 1.29 is 23.1 Å². The largest absolute Gasteiger partial charge is 0.496 e. The second kappa shape index (κ2) is 11.0. The van der Waals surface area contributed by atoms with E-state index in [-0.39, 0.29) is 15.6 Å². The average molecular weight is 581 g/mol. The van der Waals surface area contributed by atoms with Crippen molar-refractivity contribution >= 4 is 18.3 Å². The van der Waals surface area contributed by atoms with Crippen LogP contribution in [0.2, 0.25) is 18.1 Å². The highest BCUT2D eigenvalue weighted by atomic mass is 32.2. The van der Waals surface area contributed by atoms with E-state index >= 15 is 0 Å². The Morgan fingerprint density at radius 1 is 0.975 bits per heavy atom. The maximum absolute atomic E-state index is 13.9. The summed E-state index contributed by atoms with van der Waals surface area (Å²) in [5.74, 6) is 0.476. The summed E-state index contributed by atoms with van der Waals surface area (Å²) in [6.45, 7) is 11.9. The average Bonchev–Trinajstić information content (AvgIpc) is 3.54. The molecule has 4 rings (SSSR count).